The highest BCUT2D eigenvalue weighted by atomic mass is 16.5. The Kier molecular flexibility index (Phi) is 5.73. The van der Waals surface area contributed by atoms with E-state index in [1.165, 1.54) is 0 Å². The summed E-state index contributed by atoms with van der Waals surface area (Å²) in [6, 6.07) is 11.0. The molecule has 1 heterocycles. The number of ketones is 1. The highest BCUT2D eigenvalue weighted by Gasteiger charge is 2.24. The third-order valence-electron chi connectivity index (χ3n) is 4.36. The maximum atomic E-state index is 12.2. The van der Waals surface area contributed by atoms with E-state index in [4.69, 9.17) is 4.74 Å². The molecule has 132 valence electrons. The van der Waals surface area contributed by atoms with E-state index in [2.05, 4.69) is 0 Å². The van der Waals surface area contributed by atoms with E-state index >= 15 is 0 Å². The number of ether oxygens (including phenoxy) is 1. The molecule has 2 rings (SSSR count). The van der Waals surface area contributed by atoms with Crippen LogP contribution >= 0.6 is 0 Å². The van der Waals surface area contributed by atoms with Crippen LogP contribution in [-0.2, 0) is 11.3 Å². The van der Waals surface area contributed by atoms with Gasteiger partial charge in [-0.1, -0.05) is 32.9 Å². The van der Waals surface area contributed by atoms with Crippen molar-refractivity contribution in [2.24, 2.45) is 5.41 Å². The molecule has 0 bridgehead atoms. The van der Waals surface area contributed by atoms with Gasteiger partial charge in [0.05, 0.1) is 5.56 Å². The van der Waals surface area contributed by atoms with Crippen LogP contribution in [0.3, 0.4) is 0 Å². The molecule has 0 fully saturated rings. The number of carbonyl (C=O) groups is 2. The standard InChI is InChI=1S/C21H26NO3/c1-15(23)18-10-12-22(13-11-18)14-17-6-8-19(9-7-17)20(24)25-16(2)21(3,4)5/h6-13,16H,14H2,1-5H3/q+1/t16-/m1/s1. The Bertz CT molecular complexity index is 740. The number of Topliss-reactive ketones (excluding diaryl/α,β-unsaturated/α-hetero) is 1. The van der Waals surface area contributed by atoms with Crippen LogP contribution in [0.1, 0.15) is 60.9 Å². The SMILES string of the molecule is CC(=O)c1cc[n+](Cc2ccc(C(=O)O[C@H](C)C(C)(C)C)cc2)cc1. The fourth-order valence-electron chi connectivity index (χ4n) is 2.16. The minimum atomic E-state index is -0.299. The van der Waals surface area contributed by atoms with Crippen molar-refractivity contribution in [1.29, 1.82) is 0 Å². The first-order valence-electron chi connectivity index (χ1n) is 8.47. The molecule has 0 amide bonds. The van der Waals surface area contributed by atoms with Crippen molar-refractivity contribution in [1.82, 2.24) is 0 Å². The zero-order valence-electron chi connectivity index (χ0n) is 15.6. The zero-order valence-corrected chi connectivity index (χ0v) is 15.6. The second-order valence-electron chi connectivity index (χ2n) is 7.43. The molecule has 1 aromatic heterocycles. The summed E-state index contributed by atoms with van der Waals surface area (Å²) < 4.78 is 7.51. The predicted molar refractivity (Wildman–Crippen MR) is 96.5 cm³/mol. The van der Waals surface area contributed by atoms with Gasteiger partial charge in [-0.05, 0) is 31.4 Å². The number of carbonyl (C=O) groups excluding carboxylic acids is 2. The molecule has 1 atom stereocenters. The summed E-state index contributed by atoms with van der Waals surface area (Å²) in [6.07, 6.45) is 3.60. The van der Waals surface area contributed by atoms with Crippen LogP contribution in [0.15, 0.2) is 48.8 Å². The number of esters is 1. The van der Waals surface area contributed by atoms with E-state index in [0.29, 0.717) is 17.7 Å². The number of rotatable bonds is 5. The molecule has 0 saturated heterocycles. The Labute approximate surface area is 149 Å². The zero-order chi connectivity index (χ0) is 18.6. The molecular weight excluding hydrogens is 314 g/mol. The summed E-state index contributed by atoms with van der Waals surface area (Å²) in [5.74, 6) is -0.244. The fourth-order valence-corrected chi connectivity index (χ4v) is 2.16. The molecule has 2 aromatic rings. The Balaban J connectivity index is 2.02. The minimum Gasteiger partial charge on any atom is -0.459 e. The Morgan fingerprint density at radius 2 is 1.56 bits per heavy atom. The average Bonchev–Trinajstić information content (AvgIpc) is 2.55. The lowest BCUT2D eigenvalue weighted by Gasteiger charge is -2.26. The van der Waals surface area contributed by atoms with Gasteiger partial charge in [0.2, 0.25) is 0 Å². The lowest BCUT2D eigenvalue weighted by atomic mass is 9.90. The number of pyridine rings is 1. The van der Waals surface area contributed by atoms with Gasteiger partial charge in [-0.3, -0.25) is 4.79 Å². The van der Waals surface area contributed by atoms with Crippen molar-refractivity contribution in [3.8, 4) is 0 Å². The van der Waals surface area contributed by atoms with Crippen LogP contribution in [0.2, 0.25) is 0 Å². The second kappa shape index (κ2) is 7.60. The third kappa shape index (κ3) is 5.24. The Morgan fingerprint density at radius 3 is 2.04 bits per heavy atom. The van der Waals surface area contributed by atoms with Gasteiger partial charge in [0.25, 0.3) is 0 Å². The molecular formula is C21H26NO3+. The van der Waals surface area contributed by atoms with E-state index < -0.39 is 0 Å². The summed E-state index contributed by atoms with van der Waals surface area (Å²) in [5.41, 5.74) is 2.23. The molecule has 0 aliphatic heterocycles. The topological polar surface area (TPSA) is 47.2 Å². The average molecular weight is 340 g/mol. The summed E-state index contributed by atoms with van der Waals surface area (Å²) in [7, 11) is 0. The molecule has 0 N–H and O–H groups in total. The largest absolute Gasteiger partial charge is 0.459 e. The number of hydrogen-bond donors (Lipinski definition) is 0. The van der Waals surface area contributed by atoms with Crippen molar-refractivity contribution >= 4 is 11.8 Å². The highest BCUT2D eigenvalue weighted by Crippen LogP contribution is 2.22. The van der Waals surface area contributed by atoms with Crippen LogP contribution < -0.4 is 4.57 Å². The van der Waals surface area contributed by atoms with Gasteiger partial charge >= 0.3 is 5.97 Å². The van der Waals surface area contributed by atoms with Gasteiger partial charge in [0.1, 0.15) is 6.10 Å². The first kappa shape index (κ1) is 18.8. The molecule has 1 aromatic carbocycles. The first-order chi connectivity index (χ1) is 11.7. The van der Waals surface area contributed by atoms with Gasteiger partial charge in [0, 0.05) is 23.3 Å². The molecule has 4 nitrogen and oxygen atoms in total. The number of aromatic nitrogens is 1. The van der Waals surface area contributed by atoms with Gasteiger partial charge in [-0.25, -0.2) is 9.36 Å². The summed E-state index contributed by atoms with van der Waals surface area (Å²) >= 11 is 0. The first-order valence-corrected chi connectivity index (χ1v) is 8.47. The van der Waals surface area contributed by atoms with Crippen molar-refractivity contribution in [3.63, 3.8) is 0 Å². The monoisotopic (exact) mass is 340 g/mol. The van der Waals surface area contributed by atoms with Gasteiger partial charge in [-0.15, -0.1) is 0 Å². The van der Waals surface area contributed by atoms with E-state index in [1.54, 1.807) is 19.1 Å². The van der Waals surface area contributed by atoms with E-state index in [0.717, 1.165) is 5.56 Å². The predicted octanol–water partition coefficient (Wildman–Crippen LogP) is 3.82. The lowest BCUT2D eigenvalue weighted by molar-refractivity contribution is -0.688. The molecule has 4 heteroatoms. The van der Waals surface area contributed by atoms with Crippen molar-refractivity contribution in [2.45, 2.75) is 47.3 Å². The lowest BCUT2D eigenvalue weighted by Crippen LogP contribution is -2.33. The molecule has 0 radical (unpaired) electrons. The summed E-state index contributed by atoms with van der Waals surface area (Å²) in [5, 5.41) is 0. The smallest absolute Gasteiger partial charge is 0.338 e. The maximum absolute atomic E-state index is 12.2. The maximum Gasteiger partial charge on any atom is 0.338 e. The molecule has 0 aliphatic rings. The Morgan fingerprint density at radius 1 is 1.00 bits per heavy atom. The number of nitrogens with zero attached hydrogens (tertiary/aromatic N) is 1. The van der Waals surface area contributed by atoms with Crippen LogP contribution in [0, 0.1) is 5.41 Å². The van der Waals surface area contributed by atoms with Crippen molar-refractivity contribution in [3.05, 3.63) is 65.5 Å². The van der Waals surface area contributed by atoms with Crippen LogP contribution in [0.25, 0.3) is 0 Å². The normalized spacial score (nSPS) is 12.5. The summed E-state index contributed by atoms with van der Waals surface area (Å²) in [4.78, 5) is 23.5. The second-order valence-corrected chi connectivity index (χ2v) is 7.43. The highest BCUT2D eigenvalue weighted by molar-refractivity contribution is 5.93. The van der Waals surface area contributed by atoms with E-state index in [9.17, 15) is 9.59 Å². The summed E-state index contributed by atoms with van der Waals surface area (Å²) in [6.45, 7) is 10.3. The van der Waals surface area contributed by atoms with Gasteiger partial charge < -0.3 is 4.74 Å². The number of hydrogen-bond acceptors (Lipinski definition) is 3. The third-order valence-corrected chi connectivity index (χ3v) is 4.36. The van der Waals surface area contributed by atoms with E-state index in [1.807, 2.05) is 68.9 Å². The Hall–Kier alpha value is -2.49. The quantitative estimate of drug-likeness (QED) is 0.472. The van der Waals surface area contributed by atoms with Crippen molar-refractivity contribution in [2.75, 3.05) is 0 Å². The molecule has 0 aliphatic carbocycles. The van der Waals surface area contributed by atoms with E-state index in [-0.39, 0.29) is 23.3 Å². The van der Waals surface area contributed by atoms with Crippen LogP contribution in [-0.4, -0.2) is 17.9 Å². The van der Waals surface area contributed by atoms with Gasteiger partial charge in [0.15, 0.2) is 24.7 Å². The van der Waals surface area contributed by atoms with Gasteiger partial charge in [-0.2, -0.15) is 0 Å². The van der Waals surface area contributed by atoms with Crippen LogP contribution in [0.5, 0.6) is 0 Å². The fraction of sp³-hybridized carbons (Fsp3) is 0.381. The van der Waals surface area contributed by atoms with Crippen molar-refractivity contribution < 1.29 is 18.9 Å². The number of benzene rings is 1. The molecule has 0 saturated carbocycles. The molecule has 0 spiro atoms. The molecule has 25 heavy (non-hydrogen) atoms. The van der Waals surface area contributed by atoms with Crippen LogP contribution in [0.4, 0.5) is 0 Å². The molecule has 0 unspecified atom stereocenters. The minimum absolute atomic E-state index is 0.0551.